The molecule has 0 spiro atoms. The molecule has 0 bridgehead atoms. The SMILES string of the molecule is CCCC(=O)OCC(=O)c1c(C)[nH]c2ccccc12. The molecule has 0 aliphatic carbocycles. The average molecular weight is 259 g/mol. The van der Waals surface area contributed by atoms with E-state index in [1.54, 1.807) is 0 Å². The quantitative estimate of drug-likeness (QED) is 0.663. The van der Waals surface area contributed by atoms with Crippen molar-refractivity contribution >= 4 is 22.7 Å². The zero-order valence-electron chi connectivity index (χ0n) is 11.2. The van der Waals surface area contributed by atoms with Gasteiger partial charge in [0.25, 0.3) is 0 Å². The Labute approximate surface area is 111 Å². The minimum Gasteiger partial charge on any atom is -0.457 e. The fraction of sp³-hybridized carbons (Fsp3) is 0.333. The van der Waals surface area contributed by atoms with Gasteiger partial charge in [-0.15, -0.1) is 0 Å². The lowest BCUT2D eigenvalue weighted by Gasteiger charge is -2.03. The summed E-state index contributed by atoms with van der Waals surface area (Å²) in [6.07, 6.45) is 1.07. The Morgan fingerprint density at radius 3 is 2.74 bits per heavy atom. The molecule has 2 aromatic rings. The van der Waals surface area contributed by atoms with Gasteiger partial charge in [0, 0.05) is 28.6 Å². The van der Waals surface area contributed by atoms with Crippen LogP contribution in [0.2, 0.25) is 0 Å². The summed E-state index contributed by atoms with van der Waals surface area (Å²) < 4.78 is 4.97. The van der Waals surface area contributed by atoms with Gasteiger partial charge < -0.3 is 9.72 Å². The van der Waals surface area contributed by atoms with E-state index in [2.05, 4.69) is 4.98 Å². The molecule has 0 amide bonds. The average Bonchev–Trinajstić information content (AvgIpc) is 2.72. The van der Waals surface area contributed by atoms with E-state index in [0.29, 0.717) is 12.0 Å². The molecule has 0 saturated heterocycles. The van der Waals surface area contributed by atoms with E-state index in [1.807, 2.05) is 38.1 Å². The van der Waals surface area contributed by atoms with Gasteiger partial charge in [-0.3, -0.25) is 9.59 Å². The monoisotopic (exact) mass is 259 g/mol. The third kappa shape index (κ3) is 2.84. The molecule has 2 rings (SSSR count). The van der Waals surface area contributed by atoms with Crippen molar-refractivity contribution in [2.24, 2.45) is 0 Å². The third-order valence-corrected chi connectivity index (χ3v) is 2.99. The Morgan fingerprint density at radius 1 is 1.26 bits per heavy atom. The molecule has 1 aromatic heterocycles. The number of hydrogen-bond acceptors (Lipinski definition) is 3. The summed E-state index contributed by atoms with van der Waals surface area (Å²) in [5, 5.41) is 0.872. The first-order valence-corrected chi connectivity index (χ1v) is 6.39. The van der Waals surface area contributed by atoms with Crippen molar-refractivity contribution in [2.45, 2.75) is 26.7 Å². The topological polar surface area (TPSA) is 59.2 Å². The van der Waals surface area contributed by atoms with E-state index >= 15 is 0 Å². The zero-order valence-corrected chi connectivity index (χ0v) is 11.2. The maximum Gasteiger partial charge on any atom is 0.306 e. The van der Waals surface area contributed by atoms with Gasteiger partial charge in [0.15, 0.2) is 6.61 Å². The summed E-state index contributed by atoms with van der Waals surface area (Å²) in [7, 11) is 0. The summed E-state index contributed by atoms with van der Waals surface area (Å²) in [4.78, 5) is 26.6. The molecule has 100 valence electrons. The number of aromatic nitrogens is 1. The van der Waals surface area contributed by atoms with E-state index in [9.17, 15) is 9.59 Å². The highest BCUT2D eigenvalue weighted by molar-refractivity contribution is 6.10. The second-order valence-electron chi connectivity index (χ2n) is 4.50. The number of hydrogen-bond donors (Lipinski definition) is 1. The summed E-state index contributed by atoms with van der Waals surface area (Å²) in [5.74, 6) is -0.493. The molecule has 1 N–H and O–H groups in total. The molecule has 4 nitrogen and oxygen atoms in total. The standard InChI is InChI=1S/C15H17NO3/c1-3-6-14(18)19-9-13(17)15-10(2)16-12-8-5-4-7-11(12)15/h4-5,7-8,16H,3,6,9H2,1-2H3. The molecule has 19 heavy (non-hydrogen) atoms. The molecule has 0 atom stereocenters. The Bertz CT molecular complexity index is 613. The number of para-hydroxylation sites is 1. The summed E-state index contributed by atoms with van der Waals surface area (Å²) in [5.41, 5.74) is 2.33. The fourth-order valence-corrected chi connectivity index (χ4v) is 2.13. The number of H-pyrrole nitrogens is 1. The van der Waals surface area contributed by atoms with Crippen LogP contribution in [0, 0.1) is 6.92 Å². The molecule has 0 saturated carbocycles. The lowest BCUT2D eigenvalue weighted by atomic mass is 10.1. The summed E-state index contributed by atoms with van der Waals surface area (Å²) in [6, 6.07) is 7.60. The number of esters is 1. The number of ether oxygens (including phenoxy) is 1. The van der Waals surface area contributed by atoms with Crippen molar-refractivity contribution in [2.75, 3.05) is 6.61 Å². The van der Waals surface area contributed by atoms with Gasteiger partial charge in [-0.1, -0.05) is 25.1 Å². The number of carbonyl (C=O) groups is 2. The predicted molar refractivity (Wildman–Crippen MR) is 73.2 cm³/mol. The van der Waals surface area contributed by atoms with Crippen molar-refractivity contribution in [1.82, 2.24) is 4.98 Å². The van der Waals surface area contributed by atoms with E-state index in [4.69, 9.17) is 4.74 Å². The number of aryl methyl sites for hydroxylation is 1. The van der Waals surface area contributed by atoms with Crippen LogP contribution < -0.4 is 0 Å². The van der Waals surface area contributed by atoms with Crippen LogP contribution in [-0.4, -0.2) is 23.3 Å². The zero-order chi connectivity index (χ0) is 13.8. The van der Waals surface area contributed by atoms with Crippen LogP contribution in [0.1, 0.15) is 35.8 Å². The number of rotatable bonds is 5. The minimum absolute atomic E-state index is 0.167. The lowest BCUT2D eigenvalue weighted by molar-refractivity contribution is -0.142. The number of Topliss-reactive ketones (excluding diaryl/α,β-unsaturated/α-hetero) is 1. The highest BCUT2D eigenvalue weighted by atomic mass is 16.5. The molecule has 0 fully saturated rings. The molecule has 1 heterocycles. The number of nitrogens with one attached hydrogen (secondary N) is 1. The number of fused-ring (bicyclic) bond motifs is 1. The maximum absolute atomic E-state index is 12.2. The van der Waals surface area contributed by atoms with Crippen molar-refractivity contribution in [3.8, 4) is 0 Å². The highest BCUT2D eigenvalue weighted by Gasteiger charge is 2.17. The van der Waals surface area contributed by atoms with Crippen molar-refractivity contribution in [1.29, 1.82) is 0 Å². The van der Waals surface area contributed by atoms with E-state index < -0.39 is 0 Å². The van der Waals surface area contributed by atoms with Crippen LogP contribution in [0.5, 0.6) is 0 Å². The van der Waals surface area contributed by atoms with E-state index in [-0.39, 0.29) is 18.4 Å². The van der Waals surface area contributed by atoms with Crippen molar-refractivity contribution in [3.63, 3.8) is 0 Å². The number of carbonyl (C=O) groups excluding carboxylic acids is 2. The molecule has 4 heteroatoms. The van der Waals surface area contributed by atoms with Gasteiger partial charge in [0.1, 0.15) is 0 Å². The van der Waals surface area contributed by atoms with Gasteiger partial charge in [-0.05, 0) is 19.4 Å². The first-order chi connectivity index (χ1) is 9.13. The molecule has 0 aliphatic heterocycles. The Kier molecular flexibility index (Phi) is 4.00. The predicted octanol–water partition coefficient (Wildman–Crippen LogP) is 3.00. The summed E-state index contributed by atoms with van der Waals surface area (Å²) >= 11 is 0. The molecular formula is C15H17NO3. The molecule has 0 aliphatic rings. The van der Waals surface area contributed by atoms with Gasteiger partial charge in [0.05, 0.1) is 0 Å². The van der Waals surface area contributed by atoms with E-state index in [0.717, 1.165) is 23.0 Å². The molecule has 0 unspecified atom stereocenters. The maximum atomic E-state index is 12.2. The van der Waals surface area contributed by atoms with Crippen LogP contribution in [0.4, 0.5) is 0 Å². The lowest BCUT2D eigenvalue weighted by Crippen LogP contribution is -2.14. The highest BCUT2D eigenvalue weighted by Crippen LogP contribution is 2.22. The number of ketones is 1. The van der Waals surface area contributed by atoms with E-state index in [1.165, 1.54) is 0 Å². The Balaban J connectivity index is 2.17. The molecular weight excluding hydrogens is 242 g/mol. The smallest absolute Gasteiger partial charge is 0.306 e. The third-order valence-electron chi connectivity index (χ3n) is 2.99. The van der Waals surface area contributed by atoms with Crippen molar-refractivity contribution in [3.05, 3.63) is 35.5 Å². The fourth-order valence-electron chi connectivity index (χ4n) is 2.13. The van der Waals surface area contributed by atoms with Gasteiger partial charge >= 0.3 is 5.97 Å². The van der Waals surface area contributed by atoms with Crippen molar-refractivity contribution < 1.29 is 14.3 Å². The first-order valence-electron chi connectivity index (χ1n) is 6.39. The van der Waals surface area contributed by atoms with Crippen LogP contribution in [0.3, 0.4) is 0 Å². The second-order valence-corrected chi connectivity index (χ2v) is 4.50. The van der Waals surface area contributed by atoms with Gasteiger partial charge in [-0.2, -0.15) is 0 Å². The van der Waals surface area contributed by atoms with Crippen LogP contribution in [-0.2, 0) is 9.53 Å². The van der Waals surface area contributed by atoms with Gasteiger partial charge in [-0.25, -0.2) is 0 Å². The largest absolute Gasteiger partial charge is 0.457 e. The van der Waals surface area contributed by atoms with Crippen LogP contribution in [0.25, 0.3) is 10.9 Å². The molecule has 0 radical (unpaired) electrons. The second kappa shape index (κ2) is 5.69. The minimum atomic E-state index is -0.326. The van der Waals surface area contributed by atoms with Gasteiger partial charge in [0.2, 0.25) is 5.78 Å². The number of benzene rings is 1. The normalized spacial score (nSPS) is 10.6. The Hall–Kier alpha value is -2.10. The van der Waals surface area contributed by atoms with Crippen LogP contribution >= 0.6 is 0 Å². The Morgan fingerprint density at radius 2 is 2.00 bits per heavy atom. The van der Waals surface area contributed by atoms with Crippen LogP contribution in [0.15, 0.2) is 24.3 Å². The number of aromatic amines is 1. The summed E-state index contributed by atoms with van der Waals surface area (Å²) in [6.45, 7) is 3.55. The first kappa shape index (κ1) is 13.3. The molecule has 1 aromatic carbocycles.